The quantitative estimate of drug-likeness (QED) is 0.640. The van der Waals surface area contributed by atoms with Crippen LogP contribution in [0.2, 0.25) is 0 Å². The SMILES string of the molecule is COc1ccc(NC(=O)CN(C)C(=O)c2ccccc2[N+](=O)[O-])cc1. The second-order valence-electron chi connectivity index (χ2n) is 5.21. The number of rotatable bonds is 6. The fourth-order valence-electron chi connectivity index (χ4n) is 2.18. The summed E-state index contributed by atoms with van der Waals surface area (Å²) in [6, 6.07) is 12.3. The molecular formula is C17H17N3O5. The number of carbonyl (C=O) groups excluding carboxylic acids is 2. The molecule has 0 aliphatic carbocycles. The normalized spacial score (nSPS) is 10.0. The number of methoxy groups -OCH3 is 1. The van der Waals surface area contributed by atoms with Gasteiger partial charge in [-0.1, -0.05) is 12.1 Å². The summed E-state index contributed by atoms with van der Waals surface area (Å²) in [5.74, 6) is -0.363. The van der Waals surface area contributed by atoms with Crippen molar-refractivity contribution in [1.82, 2.24) is 4.90 Å². The smallest absolute Gasteiger partial charge is 0.282 e. The highest BCUT2D eigenvalue weighted by Gasteiger charge is 2.23. The number of hydrogen-bond donors (Lipinski definition) is 1. The van der Waals surface area contributed by atoms with E-state index in [1.54, 1.807) is 24.3 Å². The average molecular weight is 343 g/mol. The molecule has 0 saturated carbocycles. The number of ether oxygens (including phenoxy) is 1. The van der Waals surface area contributed by atoms with Crippen LogP contribution in [-0.2, 0) is 4.79 Å². The third kappa shape index (κ3) is 4.54. The standard InChI is InChI=1S/C17H17N3O5/c1-19(17(22)14-5-3-4-6-15(14)20(23)24)11-16(21)18-12-7-9-13(25-2)10-8-12/h3-10H,11H2,1-2H3,(H,18,21). The summed E-state index contributed by atoms with van der Waals surface area (Å²) in [5, 5.41) is 13.7. The minimum absolute atomic E-state index is 0.0627. The van der Waals surface area contributed by atoms with Gasteiger partial charge in [0.05, 0.1) is 18.6 Å². The largest absolute Gasteiger partial charge is 0.497 e. The van der Waals surface area contributed by atoms with Gasteiger partial charge in [-0.3, -0.25) is 19.7 Å². The van der Waals surface area contributed by atoms with E-state index in [1.807, 2.05) is 0 Å². The molecule has 0 heterocycles. The van der Waals surface area contributed by atoms with Crippen molar-refractivity contribution in [3.8, 4) is 5.75 Å². The second-order valence-corrected chi connectivity index (χ2v) is 5.21. The molecule has 0 aliphatic rings. The van der Waals surface area contributed by atoms with Crippen molar-refractivity contribution in [2.24, 2.45) is 0 Å². The van der Waals surface area contributed by atoms with Gasteiger partial charge in [-0.2, -0.15) is 0 Å². The molecule has 1 N–H and O–H groups in total. The van der Waals surface area contributed by atoms with E-state index in [1.165, 1.54) is 38.4 Å². The molecule has 2 aromatic rings. The molecule has 0 bridgehead atoms. The van der Waals surface area contributed by atoms with Gasteiger partial charge in [0.15, 0.2) is 0 Å². The molecule has 0 atom stereocenters. The number of para-hydroxylation sites is 1. The van der Waals surface area contributed by atoms with Gasteiger partial charge in [0.25, 0.3) is 11.6 Å². The van der Waals surface area contributed by atoms with Gasteiger partial charge in [0.2, 0.25) is 5.91 Å². The first-order valence-electron chi connectivity index (χ1n) is 7.35. The number of hydrogen-bond acceptors (Lipinski definition) is 5. The van der Waals surface area contributed by atoms with Gasteiger partial charge < -0.3 is 15.0 Å². The highest BCUT2D eigenvalue weighted by molar-refractivity contribution is 6.01. The van der Waals surface area contributed by atoms with Gasteiger partial charge >= 0.3 is 0 Å². The Labute approximate surface area is 144 Å². The number of carbonyl (C=O) groups is 2. The van der Waals surface area contributed by atoms with Crippen molar-refractivity contribution in [2.75, 3.05) is 26.0 Å². The first-order chi connectivity index (χ1) is 11.9. The van der Waals surface area contributed by atoms with Gasteiger partial charge in [-0.05, 0) is 30.3 Å². The molecule has 2 aromatic carbocycles. The first-order valence-corrected chi connectivity index (χ1v) is 7.35. The lowest BCUT2D eigenvalue weighted by atomic mass is 10.1. The first kappa shape index (κ1) is 17.9. The molecule has 0 saturated heterocycles. The van der Waals surface area contributed by atoms with Crippen molar-refractivity contribution < 1.29 is 19.2 Å². The van der Waals surface area contributed by atoms with Crippen molar-refractivity contribution in [3.05, 3.63) is 64.2 Å². The molecule has 130 valence electrons. The molecule has 0 aromatic heterocycles. The third-order valence-corrected chi connectivity index (χ3v) is 3.43. The molecule has 0 aliphatic heterocycles. The minimum Gasteiger partial charge on any atom is -0.497 e. The molecule has 2 amide bonds. The van der Waals surface area contributed by atoms with Crippen molar-refractivity contribution in [1.29, 1.82) is 0 Å². The van der Waals surface area contributed by atoms with E-state index in [-0.39, 0.29) is 17.8 Å². The zero-order valence-corrected chi connectivity index (χ0v) is 13.8. The Balaban J connectivity index is 2.03. The maximum atomic E-state index is 12.4. The van der Waals surface area contributed by atoms with E-state index in [2.05, 4.69) is 5.32 Å². The van der Waals surface area contributed by atoms with Gasteiger partial charge in [-0.15, -0.1) is 0 Å². The van der Waals surface area contributed by atoms with E-state index in [0.29, 0.717) is 11.4 Å². The zero-order valence-electron chi connectivity index (χ0n) is 13.8. The monoisotopic (exact) mass is 343 g/mol. The lowest BCUT2D eigenvalue weighted by Crippen LogP contribution is -2.35. The maximum Gasteiger partial charge on any atom is 0.282 e. The van der Waals surface area contributed by atoms with Crippen LogP contribution in [-0.4, -0.2) is 42.3 Å². The number of benzene rings is 2. The van der Waals surface area contributed by atoms with Crippen LogP contribution in [0.5, 0.6) is 5.75 Å². The van der Waals surface area contributed by atoms with Crippen molar-refractivity contribution in [2.45, 2.75) is 0 Å². The van der Waals surface area contributed by atoms with E-state index >= 15 is 0 Å². The fraction of sp³-hybridized carbons (Fsp3) is 0.176. The van der Waals surface area contributed by atoms with E-state index < -0.39 is 16.7 Å². The Hall–Kier alpha value is -3.42. The predicted molar refractivity (Wildman–Crippen MR) is 91.7 cm³/mol. The highest BCUT2D eigenvalue weighted by Crippen LogP contribution is 2.19. The summed E-state index contributed by atoms with van der Waals surface area (Å²) in [7, 11) is 2.95. The molecule has 2 rings (SSSR count). The summed E-state index contributed by atoms with van der Waals surface area (Å²) in [5.41, 5.74) is 0.194. The lowest BCUT2D eigenvalue weighted by Gasteiger charge is -2.17. The second kappa shape index (κ2) is 7.91. The number of likely N-dealkylation sites (N-methyl/N-ethyl adjacent to an activating group) is 1. The van der Waals surface area contributed by atoms with Crippen LogP contribution in [0.3, 0.4) is 0 Å². The summed E-state index contributed by atoms with van der Waals surface area (Å²) < 4.78 is 5.03. The molecule has 0 fully saturated rings. The predicted octanol–water partition coefficient (Wildman–Crippen LogP) is 2.31. The van der Waals surface area contributed by atoms with Crippen LogP contribution in [0.4, 0.5) is 11.4 Å². The van der Waals surface area contributed by atoms with E-state index in [0.717, 1.165) is 4.90 Å². The Morgan fingerprint density at radius 3 is 2.40 bits per heavy atom. The highest BCUT2D eigenvalue weighted by atomic mass is 16.6. The Morgan fingerprint density at radius 1 is 1.16 bits per heavy atom. The molecule has 0 unspecified atom stereocenters. The van der Waals surface area contributed by atoms with Gasteiger partial charge in [-0.25, -0.2) is 0 Å². The molecule has 0 spiro atoms. The summed E-state index contributed by atoms with van der Waals surface area (Å²) in [4.78, 5) is 35.9. The number of nitro groups is 1. The maximum absolute atomic E-state index is 12.4. The van der Waals surface area contributed by atoms with Crippen LogP contribution in [0, 0.1) is 10.1 Å². The average Bonchev–Trinajstić information content (AvgIpc) is 2.61. The fourth-order valence-corrected chi connectivity index (χ4v) is 2.18. The number of nitro benzene ring substituents is 1. The topological polar surface area (TPSA) is 102 Å². The van der Waals surface area contributed by atoms with Crippen LogP contribution >= 0.6 is 0 Å². The van der Waals surface area contributed by atoms with Crippen LogP contribution in [0.1, 0.15) is 10.4 Å². The molecule has 25 heavy (non-hydrogen) atoms. The summed E-state index contributed by atoms with van der Waals surface area (Å²) >= 11 is 0. The lowest BCUT2D eigenvalue weighted by molar-refractivity contribution is -0.385. The van der Waals surface area contributed by atoms with E-state index in [4.69, 9.17) is 4.74 Å². The third-order valence-electron chi connectivity index (χ3n) is 3.43. The molecule has 8 nitrogen and oxygen atoms in total. The molecule has 0 radical (unpaired) electrons. The Kier molecular flexibility index (Phi) is 5.67. The number of nitrogens with zero attached hydrogens (tertiary/aromatic N) is 2. The summed E-state index contributed by atoms with van der Waals surface area (Å²) in [6.07, 6.45) is 0. The Bertz CT molecular complexity index is 789. The summed E-state index contributed by atoms with van der Waals surface area (Å²) in [6.45, 7) is -0.239. The number of amides is 2. The van der Waals surface area contributed by atoms with Crippen molar-refractivity contribution >= 4 is 23.2 Å². The number of nitrogens with one attached hydrogen (secondary N) is 1. The van der Waals surface area contributed by atoms with Crippen molar-refractivity contribution in [3.63, 3.8) is 0 Å². The van der Waals surface area contributed by atoms with Crippen LogP contribution < -0.4 is 10.1 Å². The molecular weight excluding hydrogens is 326 g/mol. The Morgan fingerprint density at radius 2 is 1.80 bits per heavy atom. The van der Waals surface area contributed by atoms with Crippen LogP contribution in [0.25, 0.3) is 0 Å². The van der Waals surface area contributed by atoms with E-state index in [9.17, 15) is 19.7 Å². The number of anilines is 1. The minimum atomic E-state index is -0.626. The zero-order chi connectivity index (χ0) is 18.4. The van der Waals surface area contributed by atoms with Gasteiger partial charge in [0.1, 0.15) is 11.3 Å². The van der Waals surface area contributed by atoms with Gasteiger partial charge in [0, 0.05) is 18.8 Å². The van der Waals surface area contributed by atoms with Crippen LogP contribution in [0.15, 0.2) is 48.5 Å². The molecule has 8 heteroatoms.